The number of carboxylic acids is 1. The minimum absolute atomic E-state index is 0.0274. The number of likely N-dealkylation sites (tertiary alicyclic amines) is 1. The number of para-hydroxylation sites is 1. The zero-order chi connectivity index (χ0) is 17.7. The first-order valence-corrected chi connectivity index (χ1v) is 7.94. The molecule has 24 heavy (non-hydrogen) atoms. The van der Waals surface area contributed by atoms with Crippen LogP contribution in [0.25, 0.3) is 0 Å². The van der Waals surface area contributed by atoms with Crippen molar-refractivity contribution in [2.45, 2.75) is 12.8 Å². The number of carboxylic acid groups (broad SMARTS) is 1. The Morgan fingerprint density at radius 1 is 1.33 bits per heavy atom. The summed E-state index contributed by atoms with van der Waals surface area (Å²) >= 11 is 0. The minimum atomic E-state index is -1.10. The molecule has 1 fully saturated rings. The highest BCUT2D eigenvalue weighted by molar-refractivity contribution is 6.02. The first-order chi connectivity index (χ1) is 11.4. The van der Waals surface area contributed by atoms with Crippen LogP contribution in [0.1, 0.15) is 23.2 Å². The Morgan fingerprint density at radius 3 is 2.71 bits per heavy atom. The number of hydrogen-bond donors (Lipinski definition) is 2. The molecule has 7 nitrogen and oxygen atoms in total. The Bertz CT molecular complexity index is 630. The van der Waals surface area contributed by atoms with Gasteiger partial charge >= 0.3 is 5.97 Å². The van der Waals surface area contributed by atoms with Crippen LogP contribution >= 0.6 is 0 Å². The summed E-state index contributed by atoms with van der Waals surface area (Å²) in [5.74, 6) is -1.88. The van der Waals surface area contributed by atoms with Gasteiger partial charge in [0.15, 0.2) is 0 Å². The van der Waals surface area contributed by atoms with Gasteiger partial charge in [-0.05, 0) is 39.2 Å². The van der Waals surface area contributed by atoms with Crippen molar-refractivity contribution < 1.29 is 19.5 Å². The number of amides is 2. The number of nitrogens with zero attached hydrogens (tertiary/aromatic N) is 2. The van der Waals surface area contributed by atoms with Crippen LogP contribution in [0.4, 0.5) is 5.69 Å². The second-order valence-corrected chi connectivity index (χ2v) is 6.24. The first-order valence-electron chi connectivity index (χ1n) is 7.94. The summed E-state index contributed by atoms with van der Waals surface area (Å²) in [6.45, 7) is 1.90. The molecule has 0 aliphatic carbocycles. The van der Waals surface area contributed by atoms with Gasteiger partial charge in [0.1, 0.15) is 0 Å². The average molecular weight is 333 g/mol. The molecule has 1 aliphatic rings. The van der Waals surface area contributed by atoms with Crippen molar-refractivity contribution in [3.05, 3.63) is 29.8 Å². The Kier molecular flexibility index (Phi) is 5.92. The van der Waals surface area contributed by atoms with E-state index in [9.17, 15) is 14.4 Å². The van der Waals surface area contributed by atoms with E-state index < -0.39 is 11.9 Å². The molecule has 0 aromatic heterocycles. The highest BCUT2D eigenvalue weighted by Gasteiger charge is 2.34. The predicted octanol–water partition coefficient (Wildman–Crippen LogP) is 1.12. The number of carbonyl (C=O) groups excluding carboxylic acids is 2. The SMILES string of the molecule is CN(C)CCCN1CC(C(=O)Nc2ccccc2C(=O)O)CC1=O. The summed E-state index contributed by atoms with van der Waals surface area (Å²) in [5, 5.41) is 11.8. The van der Waals surface area contributed by atoms with Gasteiger partial charge in [-0.1, -0.05) is 12.1 Å². The largest absolute Gasteiger partial charge is 0.478 e. The van der Waals surface area contributed by atoms with Crippen LogP contribution in [-0.4, -0.2) is 66.4 Å². The summed E-state index contributed by atoms with van der Waals surface area (Å²) in [6.07, 6.45) is 1.03. The fourth-order valence-corrected chi connectivity index (χ4v) is 2.76. The maximum Gasteiger partial charge on any atom is 0.337 e. The molecule has 2 rings (SSSR count). The summed E-state index contributed by atoms with van der Waals surface area (Å²) in [4.78, 5) is 39.3. The summed E-state index contributed by atoms with van der Waals surface area (Å²) in [7, 11) is 3.95. The van der Waals surface area contributed by atoms with Crippen LogP contribution in [-0.2, 0) is 9.59 Å². The van der Waals surface area contributed by atoms with Crippen LogP contribution in [0.5, 0.6) is 0 Å². The van der Waals surface area contributed by atoms with E-state index >= 15 is 0 Å². The Labute approximate surface area is 141 Å². The van der Waals surface area contributed by atoms with E-state index in [1.54, 1.807) is 23.1 Å². The normalized spacial score (nSPS) is 17.4. The third-order valence-corrected chi connectivity index (χ3v) is 4.03. The van der Waals surface area contributed by atoms with E-state index in [4.69, 9.17) is 5.11 Å². The molecule has 0 saturated carbocycles. The molecule has 1 aliphatic heterocycles. The van der Waals surface area contributed by atoms with Crippen molar-refractivity contribution in [3.63, 3.8) is 0 Å². The number of nitrogens with one attached hydrogen (secondary N) is 1. The minimum Gasteiger partial charge on any atom is -0.478 e. The van der Waals surface area contributed by atoms with Crippen LogP contribution < -0.4 is 5.32 Å². The average Bonchev–Trinajstić information content (AvgIpc) is 2.88. The van der Waals surface area contributed by atoms with E-state index in [0.29, 0.717) is 13.1 Å². The summed E-state index contributed by atoms with van der Waals surface area (Å²) in [6, 6.07) is 6.25. The van der Waals surface area contributed by atoms with Gasteiger partial charge in [0, 0.05) is 19.5 Å². The van der Waals surface area contributed by atoms with Gasteiger partial charge in [-0.3, -0.25) is 9.59 Å². The van der Waals surface area contributed by atoms with Gasteiger partial charge < -0.3 is 20.2 Å². The van der Waals surface area contributed by atoms with Crippen LogP contribution in [0.15, 0.2) is 24.3 Å². The molecule has 1 aromatic rings. The van der Waals surface area contributed by atoms with Crippen molar-refractivity contribution in [1.82, 2.24) is 9.80 Å². The van der Waals surface area contributed by atoms with Gasteiger partial charge in [0.2, 0.25) is 11.8 Å². The van der Waals surface area contributed by atoms with Gasteiger partial charge in [-0.15, -0.1) is 0 Å². The maximum atomic E-state index is 12.4. The Balaban J connectivity index is 1.94. The summed E-state index contributed by atoms with van der Waals surface area (Å²) < 4.78 is 0. The lowest BCUT2D eigenvalue weighted by Crippen LogP contribution is -2.30. The zero-order valence-electron chi connectivity index (χ0n) is 14.0. The van der Waals surface area contributed by atoms with Crippen molar-refractivity contribution in [2.75, 3.05) is 39.0 Å². The van der Waals surface area contributed by atoms with E-state index in [1.165, 1.54) is 6.07 Å². The van der Waals surface area contributed by atoms with Gasteiger partial charge in [0.25, 0.3) is 0 Å². The zero-order valence-corrected chi connectivity index (χ0v) is 14.0. The van der Waals surface area contributed by atoms with Crippen molar-refractivity contribution >= 4 is 23.5 Å². The molecular weight excluding hydrogens is 310 g/mol. The number of hydrogen-bond acceptors (Lipinski definition) is 4. The molecule has 0 spiro atoms. The molecule has 1 atom stereocenters. The van der Waals surface area contributed by atoms with E-state index in [-0.39, 0.29) is 29.5 Å². The number of benzene rings is 1. The van der Waals surface area contributed by atoms with Crippen molar-refractivity contribution in [2.24, 2.45) is 5.92 Å². The van der Waals surface area contributed by atoms with Gasteiger partial charge in [-0.25, -0.2) is 4.79 Å². The molecule has 2 N–H and O–H groups in total. The molecule has 1 saturated heterocycles. The van der Waals surface area contributed by atoms with Crippen molar-refractivity contribution in [3.8, 4) is 0 Å². The number of rotatable bonds is 7. The second-order valence-electron chi connectivity index (χ2n) is 6.24. The Morgan fingerprint density at radius 2 is 2.04 bits per heavy atom. The lowest BCUT2D eigenvalue weighted by Gasteiger charge is -2.18. The fraction of sp³-hybridized carbons (Fsp3) is 0.471. The van der Waals surface area contributed by atoms with Crippen LogP contribution in [0.2, 0.25) is 0 Å². The Hall–Kier alpha value is -2.41. The molecule has 0 radical (unpaired) electrons. The third kappa shape index (κ3) is 4.55. The van der Waals surface area contributed by atoms with E-state index in [0.717, 1.165) is 13.0 Å². The molecule has 130 valence electrons. The standard InChI is InChI=1S/C17H23N3O4/c1-19(2)8-5-9-20-11-12(10-15(20)21)16(22)18-14-7-4-3-6-13(14)17(23)24/h3-4,6-7,12H,5,8-11H2,1-2H3,(H,18,22)(H,23,24). The molecule has 1 aromatic carbocycles. The lowest BCUT2D eigenvalue weighted by molar-refractivity contribution is -0.128. The molecular formula is C17H23N3O4. The third-order valence-electron chi connectivity index (χ3n) is 4.03. The number of carbonyl (C=O) groups is 3. The van der Waals surface area contributed by atoms with E-state index in [2.05, 4.69) is 5.32 Å². The number of anilines is 1. The number of aromatic carboxylic acids is 1. The van der Waals surface area contributed by atoms with Crippen LogP contribution in [0.3, 0.4) is 0 Å². The highest BCUT2D eigenvalue weighted by atomic mass is 16.4. The van der Waals surface area contributed by atoms with Gasteiger partial charge in [-0.2, -0.15) is 0 Å². The first kappa shape index (κ1) is 17.9. The molecule has 0 bridgehead atoms. The van der Waals surface area contributed by atoms with E-state index in [1.807, 2.05) is 19.0 Å². The summed E-state index contributed by atoms with van der Waals surface area (Å²) in [5.41, 5.74) is 0.298. The quantitative estimate of drug-likeness (QED) is 0.780. The monoisotopic (exact) mass is 333 g/mol. The molecule has 7 heteroatoms. The topological polar surface area (TPSA) is 89.9 Å². The smallest absolute Gasteiger partial charge is 0.337 e. The highest BCUT2D eigenvalue weighted by Crippen LogP contribution is 2.22. The van der Waals surface area contributed by atoms with Gasteiger partial charge in [0.05, 0.1) is 17.2 Å². The fourth-order valence-electron chi connectivity index (χ4n) is 2.76. The molecule has 1 heterocycles. The second kappa shape index (κ2) is 7.92. The predicted molar refractivity (Wildman–Crippen MR) is 89.9 cm³/mol. The van der Waals surface area contributed by atoms with Crippen molar-refractivity contribution in [1.29, 1.82) is 0 Å². The maximum absolute atomic E-state index is 12.4. The van der Waals surface area contributed by atoms with Crippen LogP contribution in [0, 0.1) is 5.92 Å². The molecule has 1 unspecified atom stereocenters. The lowest BCUT2D eigenvalue weighted by atomic mass is 10.1. The molecule has 2 amide bonds.